The van der Waals surface area contributed by atoms with Crippen LogP contribution < -0.4 is 14.8 Å². The molecule has 0 saturated heterocycles. The zero-order valence-corrected chi connectivity index (χ0v) is 16.9. The van der Waals surface area contributed by atoms with Crippen LogP contribution in [-0.2, 0) is 14.8 Å². The number of nitrogens with zero attached hydrogens (tertiary/aromatic N) is 2. The Morgan fingerprint density at radius 3 is 2.07 bits per heavy atom. The maximum Gasteiger partial charge on any atom is 0.322 e. The van der Waals surface area contributed by atoms with Gasteiger partial charge in [0.2, 0.25) is 5.91 Å². The number of sulfonamides is 1. The summed E-state index contributed by atoms with van der Waals surface area (Å²) in [7, 11) is -3.86. The summed E-state index contributed by atoms with van der Waals surface area (Å²) < 4.78 is 33.6. The number of nitrogens with one attached hydrogen (secondary N) is 2. The first-order valence-electron chi connectivity index (χ1n) is 8.73. The second-order valence-corrected chi connectivity index (χ2v) is 7.96. The van der Waals surface area contributed by atoms with E-state index in [1.54, 1.807) is 26.0 Å². The number of anilines is 2. The van der Waals surface area contributed by atoms with Crippen LogP contribution in [0.15, 0.2) is 59.5 Å². The van der Waals surface area contributed by atoms with Crippen molar-refractivity contribution in [3.63, 3.8) is 0 Å². The molecule has 3 rings (SSSR count). The lowest BCUT2D eigenvalue weighted by molar-refractivity contribution is -0.114. The first-order chi connectivity index (χ1) is 13.7. The second kappa shape index (κ2) is 8.27. The van der Waals surface area contributed by atoms with Crippen molar-refractivity contribution in [2.75, 3.05) is 10.0 Å². The zero-order valence-electron chi connectivity index (χ0n) is 16.1. The van der Waals surface area contributed by atoms with Crippen molar-refractivity contribution < 1.29 is 17.9 Å². The van der Waals surface area contributed by atoms with Gasteiger partial charge in [-0.2, -0.15) is 9.97 Å². The second-order valence-electron chi connectivity index (χ2n) is 6.28. The monoisotopic (exact) mass is 412 g/mol. The number of para-hydroxylation sites is 1. The lowest BCUT2D eigenvalue weighted by Gasteiger charge is -2.14. The number of hydrogen-bond acceptors (Lipinski definition) is 6. The molecule has 0 aliphatic heterocycles. The van der Waals surface area contributed by atoms with E-state index in [2.05, 4.69) is 20.0 Å². The number of benzene rings is 2. The number of aryl methyl sites for hydroxylation is 2. The fourth-order valence-corrected chi connectivity index (χ4v) is 3.76. The van der Waals surface area contributed by atoms with Gasteiger partial charge >= 0.3 is 6.01 Å². The van der Waals surface area contributed by atoms with Gasteiger partial charge < -0.3 is 10.1 Å². The Morgan fingerprint density at radius 1 is 0.931 bits per heavy atom. The molecule has 0 spiro atoms. The predicted octanol–water partition coefficient (Wildman–Crippen LogP) is 3.64. The molecule has 0 aliphatic carbocycles. The third kappa shape index (κ3) is 5.08. The maximum absolute atomic E-state index is 12.7. The Kier molecular flexibility index (Phi) is 5.79. The Bertz CT molecular complexity index is 1110. The number of rotatable bonds is 6. The Hall–Kier alpha value is -3.46. The van der Waals surface area contributed by atoms with Crippen molar-refractivity contribution in [2.45, 2.75) is 25.7 Å². The molecule has 1 heterocycles. The highest BCUT2D eigenvalue weighted by Crippen LogP contribution is 2.26. The van der Waals surface area contributed by atoms with E-state index in [-0.39, 0.29) is 22.5 Å². The molecule has 3 aromatic rings. The third-order valence-electron chi connectivity index (χ3n) is 3.92. The molecule has 2 aromatic carbocycles. The smallest absolute Gasteiger partial charge is 0.322 e. The molecule has 150 valence electrons. The lowest BCUT2D eigenvalue weighted by Crippen LogP contribution is -2.16. The number of hydrogen-bond donors (Lipinski definition) is 2. The molecule has 0 fully saturated rings. The van der Waals surface area contributed by atoms with Crippen molar-refractivity contribution in [1.29, 1.82) is 0 Å². The fraction of sp³-hybridized carbons (Fsp3) is 0.150. The van der Waals surface area contributed by atoms with E-state index in [0.717, 1.165) is 0 Å². The van der Waals surface area contributed by atoms with Crippen LogP contribution in [0.4, 0.5) is 11.4 Å². The molecule has 0 unspecified atom stereocenters. The van der Waals surface area contributed by atoms with E-state index in [1.165, 1.54) is 31.2 Å². The van der Waals surface area contributed by atoms with Gasteiger partial charge in [0.1, 0.15) is 5.75 Å². The molecule has 0 bridgehead atoms. The van der Waals surface area contributed by atoms with Gasteiger partial charge in [0.15, 0.2) is 0 Å². The molecule has 9 heteroatoms. The summed E-state index contributed by atoms with van der Waals surface area (Å²) in [4.78, 5) is 19.6. The molecule has 0 saturated carbocycles. The van der Waals surface area contributed by atoms with Crippen LogP contribution in [0.25, 0.3) is 0 Å². The lowest BCUT2D eigenvalue weighted by atomic mass is 10.3. The normalized spacial score (nSPS) is 11.0. The summed E-state index contributed by atoms with van der Waals surface area (Å²) in [6, 6.07) is 15.1. The van der Waals surface area contributed by atoms with Crippen LogP contribution in [0.5, 0.6) is 11.8 Å². The highest BCUT2D eigenvalue weighted by molar-refractivity contribution is 7.92. The van der Waals surface area contributed by atoms with Crippen LogP contribution in [0, 0.1) is 13.8 Å². The van der Waals surface area contributed by atoms with Crippen molar-refractivity contribution in [1.82, 2.24) is 9.97 Å². The van der Waals surface area contributed by atoms with Gasteiger partial charge in [-0.1, -0.05) is 18.2 Å². The molecule has 8 nitrogen and oxygen atoms in total. The van der Waals surface area contributed by atoms with Crippen LogP contribution in [0.1, 0.15) is 18.3 Å². The molecule has 1 aromatic heterocycles. The van der Waals surface area contributed by atoms with Gasteiger partial charge in [0.25, 0.3) is 10.0 Å². The highest BCUT2D eigenvalue weighted by Gasteiger charge is 2.19. The van der Waals surface area contributed by atoms with Gasteiger partial charge in [0.05, 0.1) is 22.0 Å². The SMILES string of the molecule is CC(=O)Nc1ccc(S(=O)(=O)Nc2c(C)nc(Oc3ccccc3)nc2C)cc1. The summed E-state index contributed by atoms with van der Waals surface area (Å²) in [5, 5.41) is 2.59. The summed E-state index contributed by atoms with van der Waals surface area (Å²) in [5.74, 6) is 0.346. The van der Waals surface area contributed by atoms with Crippen molar-refractivity contribution in [3.05, 3.63) is 66.0 Å². The molecular formula is C20H20N4O4S. The molecular weight excluding hydrogens is 392 g/mol. The number of ether oxygens (including phenoxy) is 1. The Morgan fingerprint density at radius 2 is 1.52 bits per heavy atom. The first-order valence-corrected chi connectivity index (χ1v) is 10.2. The van der Waals surface area contributed by atoms with Crippen molar-refractivity contribution in [2.24, 2.45) is 0 Å². The predicted molar refractivity (Wildman–Crippen MR) is 110 cm³/mol. The Labute approximate surface area is 169 Å². The molecule has 2 N–H and O–H groups in total. The topological polar surface area (TPSA) is 110 Å². The van der Waals surface area contributed by atoms with E-state index in [9.17, 15) is 13.2 Å². The van der Waals surface area contributed by atoms with Crippen LogP contribution >= 0.6 is 0 Å². The minimum Gasteiger partial charge on any atom is -0.424 e. The van der Waals surface area contributed by atoms with E-state index in [0.29, 0.717) is 22.8 Å². The van der Waals surface area contributed by atoms with Gasteiger partial charge in [0, 0.05) is 12.6 Å². The van der Waals surface area contributed by atoms with Gasteiger partial charge in [-0.15, -0.1) is 0 Å². The van der Waals surface area contributed by atoms with E-state index in [4.69, 9.17) is 4.74 Å². The summed E-state index contributed by atoms with van der Waals surface area (Å²) in [6.07, 6.45) is 0. The summed E-state index contributed by atoms with van der Waals surface area (Å²) in [6.45, 7) is 4.72. The van der Waals surface area contributed by atoms with Crippen LogP contribution in [0.3, 0.4) is 0 Å². The molecule has 0 radical (unpaired) electrons. The summed E-state index contributed by atoms with van der Waals surface area (Å²) in [5.41, 5.74) is 1.66. The van der Waals surface area contributed by atoms with Crippen molar-refractivity contribution >= 4 is 27.3 Å². The zero-order chi connectivity index (χ0) is 21.0. The van der Waals surface area contributed by atoms with E-state index in [1.807, 2.05) is 18.2 Å². The quantitative estimate of drug-likeness (QED) is 0.639. The number of carbonyl (C=O) groups excluding carboxylic acids is 1. The molecule has 29 heavy (non-hydrogen) atoms. The number of carbonyl (C=O) groups is 1. The fourth-order valence-electron chi connectivity index (χ4n) is 2.59. The van der Waals surface area contributed by atoms with Gasteiger partial charge in [-0.25, -0.2) is 8.42 Å². The van der Waals surface area contributed by atoms with Crippen LogP contribution in [0.2, 0.25) is 0 Å². The first kappa shape index (κ1) is 20.3. The minimum absolute atomic E-state index is 0.0509. The largest absolute Gasteiger partial charge is 0.424 e. The third-order valence-corrected chi connectivity index (χ3v) is 5.29. The van der Waals surface area contributed by atoms with E-state index < -0.39 is 10.0 Å². The van der Waals surface area contributed by atoms with Crippen LogP contribution in [-0.4, -0.2) is 24.3 Å². The average Bonchev–Trinajstić information content (AvgIpc) is 2.66. The molecule has 0 atom stereocenters. The van der Waals surface area contributed by atoms with E-state index >= 15 is 0 Å². The number of amides is 1. The number of aromatic nitrogens is 2. The molecule has 1 amide bonds. The van der Waals surface area contributed by atoms with Gasteiger partial charge in [-0.05, 0) is 50.2 Å². The van der Waals surface area contributed by atoms with Gasteiger partial charge in [-0.3, -0.25) is 9.52 Å². The summed E-state index contributed by atoms with van der Waals surface area (Å²) >= 11 is 0. The van der Waals surface area contributed by atoms with Crippen molar-refractivity contribution in [3.8, 4) is 11.8 Å². The average molecular weight is 412 g/mol. The highest BCUT2D eigenvalue weighted by atomic mass is 32.2. The standard InChI is InChI=1S/C20H20N4O4S/c1-13-19(14(2)22-20(21-13)28-17-7-5-4-6-8-17)24-29(26,27)18-11-9-16(10-12-18)23-15(3)25/h4-12,24H,1-3H3,(H,23,25). The Balaban J connectivity index is 1.82. The molecule has 0 aliphatic rings. The maximum atomic E-state index is 12.7. The minimum atomic E-state index is -3.86.